The number of halogens is 1. The van der Waals surface area contributed by atoms with Crippen LogP contribution >= 0.6 is 0 Å². The summed E-state index contributed by atoms with van der Waals surface area (Å²) < 4.78 is 23.6. The number of phenols is 1. The highest BCUT2D eigenvalue weighted by molar-refractivity contribution is 6.09. The van der Waals surface area contributed by atoms with Gasteiger partial charge in [0.05, 0.1) is 31.7 Å². The monoisotopic (exact) mass is 437 g/mol. The van der Waals surface area contributed by atoms with Crippen LogP contribution in [0.3, 0.4) is 0 Å². The lowest BCUT2D eigenvalue weighted by Gasteiger charge is -2.12. The molecular formula is C23H20FN3O5. The van der Waals surface area contributed by atoms with E-state index in [1.807, 2.05) is 0 Å². The Morgan fingerprint density at radius 1 is 0.969 bits per heavy atom. The van der Waals surface area contributed by atoms with Gasteiger partial charge in [0.2, 0.25) is 0 Å². The molecular weight excluding hydrogens is 417 g/mol. The van der Waals surface area contributed by atoms with Crippen LogP contribution in [-0.2, 0) is 0 Å². The average Bonchev–Trinajstić information content (AvgIpc) is 2.79. The van der Waals surface area contributed by atoms with Gasteiger partial charge in [-0.1, -0.05) is 12.1 Å². The number of nitrogens with zero attached hydrogens (tertiary/aromatic N) is 1. The predicted molar refractivity (Wildman–Crippen MR) is 117 cm³/mol. The molecule has 3 rings (SSSR count). The second-order valence-electron chi connectivity index (χ2n) is 6.54. The van der Waals surface area contributed by atoms with Crippen LogP contribution in [0.2, 0.25) is 0 Å². The first-order valence-corrected chi connectivity index (χ1v) is 9.36. The Balaban J connectivity index is 1.80. The number of benzene rings is 3. The molecule has 0 aliphatic carbocycles. The van der Waals surface area contributed by atoms with Gasteiger partial charge in [-0.3, -0.25) is 9.59 Å². The standard InChI is InChI=1S/C23H20FN3O5/c1-31-18-9-15(10-19(12-18)32-2)22(29)26-21-7-6-17(28)11-20(21)23(30)27-25-13-14-4-3-5-16(24)8-14/h3-13,28H,1-2H3,(H,26,29)(H,27,30)/b25-13+. The number of hydrogen-bond donors (Lipinski definition) is 3. The van der Waals surface area contributed by atoms with E-state index >= 15 is 0 Å². The Morgan fingerprint density at radius 2 is 1.69 bits per heavy atom. The van der Waals surface area contributed by atoms with Gasteiger partial charge in [0, 0.05) is 11.6 Å². The lowest BCUT2D eigenvalue weighted by Crippen LogP contribution is -2.21. The van der Waals surface area contributed by atoms with Gasteiger partial charge in [0.1, 0.15) is 23.1 Å². The normalized spacial score (nSPS) is 10.6. The third-order valence-electron chi connectivity index (χ3n) is 4.34. The molecule has 0 bridgehead atoms. The first kappa shape index (κ1) is 22.3. The summed E-state index contributed by atoms with van der Waals surface area (Å²) in [6.45, 7) is 0. The Hall–Kier alpha value is -4.40. The van der Waals surface area contributed by atoms with Crippen molar-refractivity contribution in [3.05, 3.63) is 83.2 Å². The minimum absolute atomic E-state index is 0.0235. The number of anilines is 1. The van der Waals surface area contributed by atoms with Crippen molar-refractivity contribution >= 4 is 23.7 Å². The minimum atomic E-state index is -0.688. The number of nitrogens with one attached hydrogen (secondary N) is 2. The quantitative estimate of drug-likeness (QED) is 0.297. The number of amides is 2. The number of rotatable bonds is 7. The molecule has 3 aromatic carbocycles. The molecule has 2 amide bonds. The second-order valence-corrected chi connectivity index (χ2v) is 6.54. The van der Waals surface area contributed by atoms with Gasteiger partial charge < -0.3 is 19.9 Å². The second kappa shape index (κ2) is 10.1. The van der Waals surface area contributed by atoms with Crippen molar-refractivity contribution in [3.8, 4) is 17.2 Å². The lowest BCUT2D eigenvalue weighted by atomic mass is 10.1. The Morgan fingerprint density at radius 3 is 2.34 bits per heavy atom. The van der Waals surface area contributed by atoms with E-state index in [0.717, 1.165) is 0 Å². The van der Waals surface area contributed by atoms with E-state index in [-0.39, 0.29) is 22.6 Å². The molecule has 0 aliphatic rings. The van der Waals surface area contributed by atoms with Gasteiger partial charge in [-0.05, 0) is 48.0 Å². The third-order valence-corrected chi connectivity index (χ3v) is 4.34. The molecule has 0 unspecified atom stereocenters. The van der Waals surface area contributed by atoms with Crippen LogP contribution in [0, 0.1) is 5.82 Å². The van der Waals surface area contributed by atoms with E-state index in [4.69, 9.17) is 9.47 Å². The molecule has 0 saturated carbocycles. The van der Waals surface area contributed by atoms with Gasteiger partial charge in [-0.2, -0.15) is 5.10 Å². The minimum Gasteiger partial charge on any atom is -0.508 e. The molecule has 9 heteroatoms. The van der Waals surface area contributed by atoms with Crippen molar-refractivity contribution in [3.63, 3.8) is 0 Å². The Labute approximate surface area is 183 Å². The highest BCUT2D eigenvalue weighted by Crippen LogP contribution is 2.25. The molecule has 0 heterocycles. The van der Waals surface area contributed by atoms with Crippen LogP contribution in [0.25, 0.3) is 0 Å². The molecule has 0 radical (unpaired) electrons. The summed E-state index contributed by atoms with van der Waals surface area (Å²) in [5, 5.41) is 16.2. The van der Waals surface area contributed by atoms with Crippen molar-refractivity contribution in [2.45, 2.75) is 0 Å². The van der Waals surface area contributed by atoms with E-state index < -0.39 is 17.6 Å². The zero-order valence-electron chi connectivity index (χ0n) is 17.3. The molecule has 3 aromatic rings. The van der Waals surface area contributed by atoms with Crippen molar-refractivity contribution in [1.29, 1.82) is 0 Å². The first-order valence-electron chi connectivity index (χ1n) is 9.36. The SMILES string of the molecule is COc1cc(OC)cc(C(=O)Nc2ccc(O)cc2C(=O)N/N=C/c2cccc(F)c2)c1. The maximum absolute atomic E-state index is 13.2. The number of carbonyl (C=O) groups is 2. The molecule has 0 spiro atoms. The summed E-state index contributed by atoms with van der Waals surface area (Å²) in [5.74, 6) is -0.982. The van der Waals surface area contributed by atoms with Crippen LogP contribution in [0.5, 0.6) is 17.2 Å². The number of hydrogen-bond acceptors (Lipinski definition) is 6. The molecule has 3 N–H and O–H groups in total. The summed E-state index contributed by atoms with van der Waals surface area (Å²) in [4.78, 5) is 25.4. The average molecular weight is 437 g/mol. The van der Waals surface area contributed by atoms with Gasteiger partial charge in [-0.25, -0.2) is 9.82 Å². The van der Waals surface area contributed by atoms with Crippen LogP contribution < -0.4 is 20.2 Å². The van der Waals surface area contributed by atoms with E-state index in [1.54, 1.807) is 12.1 Å². The summed E-state index contributed by atoms with van der Waals surface area (Å²) in [6.07, 6.45) is 1.27. The molecule has 0 fully saturated rings. The molecule has 0 saturated heterocycles. The van der Waals surface area contributed by atoms with Gasteiger partial charge in [0.25, 0.3) is 11.8 Å². The summed E-state index contributed by atoms with van der Waals surface area (Å²) >= 11 is 0. The fourth-order valence-corrected chi connectivity index (χ4v) is 2.77. The van der Waals surface area contributed by atoms with Crippen molar-refractivity contribution < 1.29 is 28.6 Å². The molecule has 0 atom stereocenters. The third kappa shape index (κ3) is 5.60. The van der Waals surface area contributed by atoms with E-state index in [2.05, 4.69) is 15.8 Å². The maximum atomic E-state index is 13.2. The predicted octanol–water partition coefficient (Wildman–Crippen LogP) is 3.56. The summed E-state index contributed by atoms with van der Waals surface area (Å²) in [5.41, 5.74) is 3.10. The molecule has 32 heavy (non-hydrogen) atoms. The topological polar surface area (TPSA) is 109 Å². The smallest absolute Gasteiger partial charge is 0.273 e. The number of carbonyl (C=O) groups excluding carboxylic acids is 2. The molecule has 0 aromatic heterocycles. The first-order chi connectivity index (χ1) is 15.4. The largest absolute Gasteiger partial charge is 0.508 e. The van der Waals surface area contributed by atoms with Crippen LogP contribution in [0.4, 0.5) is 10.1 Å². The molecule has 164 valence electrons. The van der Waals surface area contributed by atoms with E-state index in [1.165, 1.54) is 69.0 Å². The van der Waals surface area contributed by atoms with Crippen LogP contribution in [0.15, 0.2) is 65.8 Å². The van der Waals surface area contributed by atoms with Gasteiger partial charge >= 0.3 is 0 Å². The Kier molecular flexibility index (Phi) is 7.02. The molecule has 8 nitrogen and oxygen atoms in total. The van der Waals surface area contributed by atoms with E-state index in [0.29, 0.717) is 17.1 Å². The van der Waals surface area contributed by atoms with Crippen molar-refractivity contribution in [2.75, 3.05) is 19.5 Å². The number of aromatic hydroxyl groups is 1. The highest BCUT2D eigenvalue weighted by atomic mass is 19.1. The van der Waals surface area contributed by atoms with Crippen molar-refractivity contribution in [2.24, 2.45) is 5.10 Å². The lowest BCUT2D eigenvalue weighted by molar-refractivity contribution is 0.0955. The van der Waals surface area contributed by atoms with Gasteiger partial charge in [-0.15, -0.1) is 0 Å². The number of ether oxygens (including phenoxy) is 2. The van der Waals surface area contributed by atoms with E-state index in [9.17, 15) is 19.1 Å². The molecule has 0 aliphatic heterocycles. The summed E-state index contributed by atoms with van der Waals surface area (Å²) in [7, 11) is 2.92. The zero-order valence-corrected chi connectivity index (χ0v) is 17.3. The van der Waals surface area contributed by atoms with Gasteiger partial charge in [0.15, 0.2) is 0 Å². The fraction of sp³-hybridized carbons (Fsp3) is 0.0870. The fourth-order valence-electron chi connectivity index (χ4n) is 2.77. The highest BCUT2D eigenvalue weighted by Gasteiger charge is 2.16. The van der Waals surface area contributed by atoms with Crippen molar-refractivity contribution in [1.82, 2.24) is 5.43 Å². The van der Waals surface area contributed by atoms with Crippen LogP contribution in [-0.4, -0.2) is 37.4 Å². The Bertz CT molecular complexity index is 1160. The maximum Gasteiger partial charge on any atom is 0.273 e. The number of phenolic OH excluding ortho intramolecular Hbond substituents is 1. The number of hydrazone groups is 1. The van der Waals surface area contributed by atoms with Crippen LogP contribution in [0.1, 0.15) is 26.3 Å². The summed E-state index contributed by atoms with van der Waals surface area (Å²) in [6, 6.07) is 14.2. The zero-order chi connectivity index (χ0) is 23.1. The number of methoxy groups -OCH3 is 2.